The highest BCUT2D eigenvalue weighted by Gasteiger charge is 2.16. The average molecular weight is 418 g/mol. The predicted molar refractivity (Wildman–Crippen MR) is 115 cm³/mol. The molecule has 2 heterocycles. The van der Waals surface area contributed by atoms with Crippen molar-refractivity contribution in [3.05, 3.63) is 84.8 Å². The third kappa shape index (κ3) is 3.99. The fraction of sp³-hybridized carbons (Fsp3) is 0.0455. The van der Waals surface area contributed by atoms with Crippen molar-refractivity contribution in [3.8, 4) is 22.4 Å². The van der Waals surface area contributed by atoms with Gasteiger partial charge < -0.3 is 0 Å². The Morgan fingerprint density at radius 3 is 2.40 bits per heavy atom. The maximum Gasteiger partial charge on any atom is 0.261 e. The number of anilines is 1. The van der Waals surface area contributed by atoms with Crippen LogP contribution in [0.2, 0.25) is 0 Å². The van der Waals surface area contributed by atoms with E-state index in [4.69, 9.17) is 0 Å². The molecular weight excluding hydrogens is 400 g/mol. The third-order valence-electron chi connectivity index (χ3n) is 4.59. The molecule has 2 aromatic carbocycles. The van der Waals surface area contributed by atoms with E-state index in [2.05, 4.69) is 19.9 Å². The summed E-state index contributed by atoms with van der Waals surface area (Å²) in [6, 6.07) is 16.6. The molecule has 4 aromatic rings. The summed E-state index contributed by atoms with van der Waals surface area (Å²) in [5.41, 5.74) is 4.16. The summed E-state index contributed by atoms with van der Waals surface area (Å²) in [5.74, 6) is -0.122. The number of pyridine rings is 1. The third-order valence-corrected chi connectivity index (χ3v) is 5.99. The number of hydrogen-bond donors (Lipinski definition) is 2. The summed E-state index contributed by atoms with van der Waals surface area (Å²) in [4.78, 5) is 15.5. The molecule has 4 rings (SSSR count). The lowest BCUT2D eigenvalue weighted by atomic mass is 10.0. The second kappa shape index (κ2) is 7.92. The molecule has 0 bridgehead atoms. The maximum atomic E-state index is 12.7. The molecule has 0 aliphatic heterocycles. The van der Waals surface area contributed by atoms with Gasteiger partial charge in [-0.1, -0.05) is 24.3 Å². The number of carbonyl (C=O) groups is 1. The lowest BCUT2D eigenvalue weighted by Gasteiger charge is -2.10. The van der Waals surface area contributed by atoms with Crippen molar-refractivity contribution in [2.75, 3.05) is 4.72 Å². The number of nitrogens with zero attached hydrogens (tertiary/aromatic N) is 2. The van der Waals surface area contributed by atoms with Gasteiger partial charge in [0, 0.05) is 41.0 Å². The second-order valence-electron chi connectivity index (χ2n) is 6.65. The van der Waals surface area contributed by atoms with E-state index in [1.165, 1.54) is 31.2 Å². The predicted octanol–water partition coefficient (Wildman–Crippen LogP) is 4.14. The van der Waals surface area contributed by atoms with Crippen LogP contribution in [0.25, 0.3) is 22.4 Å². The van der Waals surface area contributed by atoms with Crippen LogP contribution in [0.15, 0.2) is 84.1 Å². The zero-order valence-electron chi connectivity index (χ0n) is 16.0. The normalized spacial score (nSPS) is 11.2. The van der Waals surface area contributed by atoms with E-state index in [-0.39, 0.29) is 10.7 Å². The smallest absolute Gasteiger partial charge is 0.261 e. The van der Waals surface area contributed by atoms with E-state index in [0.29, 0.717) is 16.9 Å². The summed E-state index contributed by atoms with van der Waals surface area (Å²) in [6.07, 6.45) is 5.19. The van der Waals surface area contributed by atoms with Gasteiger partial charge >= 0.3 is 0 Å². The van der Waals surface area contributed by atoms with Gasteiger partial charge in [-0.15, -0.1) is 0 Å². The summed E-state index contributed by atoms with van der Waals surface area (Å²) in [6.45, 7) is 1.43. The average Bonchev–Trinajstić information content (AvgIpc) is 3.24. The lowest BCUT2D eigenvalue weighted by Crippen LogP contribution is -2.13. The molecular formula is C22H18N4O3S. The summed E-state index contributed by atoms with van der Waals surface area (Å²) < 4.78 is 28.1. The number of carbonyl (C=O) groups excluding carboxylic acids is 1. The zero-order valence-corrected chi connectivity index (χ0v) is 16.8. The van der Waals surface area contributed by atoms with Gasteiger partial charge in [0.1, 0.15) is 0 Å². The first-order valence-corrected chi connectivity index (χ1v) is 10.6. The van der Waals surface area contributed by atoms with Gasteiger partial charge in [-0.05, 0) is 48.9 Å². The van der Waals surface area contributed by atoms with Crippen LogP contribution in [0, 0.1) is 0 Å². The number of hydrogen-bond acceptors (Lipinski definition) is 5. The quantitative estimate of drug-likeness (QED) is 0.458. The highest BCUT2D eigenvalue weighted by atomic mass is 32.2. The van der Waals surface area contributed by atoms with Gasteiger partial charge in [-0.3, -0.25) is 19.6 Å². The number of Topliss-reactive ketones (excluding diaryl/α,β-unsaturated/α-hetero) is 1. The van der Waals surface area contributed by atoms with E-state index < -0.39 is 10.0 Å². The molecule has 0 unspecified atom stereocenters. The van der Waals surface area contributed by atoms with Crippen molar-refractivity contribution in [1.29, 1.82) is 0 Å². The molecule has 0 spiro atoms. The highest BCUT2D eigenvalue weighted by molar-refractivity contribution is 7.92. The molecule has 0 fully saturated rings. The van der Waals surface area contributed by atoms with Crippen LogP contribution in [0.4, 0.5) is 5.69 Å². The van der Waals surface area contributed by atoms with Gasteiger partial charge in [0.25, 0.3) is 10.0 Å². The van der Waals surface area contributed by atoms with Crippen LogP contribution in [0.3, 0.4) is 0 Å². The van der Waals surface area contributed by atoms with Crippen LogP contribution in [-0.2, 0) is 10.0 Å². The van der Waals surface area contributed by atoms with Crippen molar-refractivity contribution < 1.29 is 13.2 Å². The van der Waals surface area contributed by atoms with Gasteiger partial charge in [0.15, 0.2) is 5.78 Å². The molecule has 2 N–H and O–H groups in total. The SMILES string of the molecule is CC(=O)c1ccc(S(=O)(=O)Nc2cccc(-c3n[nH]cc3-c3ccncc3)c2)cc1. The minimum absolute atomic E-state index is 0.0788. The van der Waals surface area contributed by atoms with E-state index in [1.54, 1.807) is 36.8 Å². The minimum Gasteiger partial charge on any atom is -0.295 e. The topological polar surface area (TPSA) is 105 Å². The van der Waals surface area contributed by atoms with Crippen LogP contribution < -0.4 is 4.72 Å². The zero-order chi connectivity index (χ0) is 21.1. The summed E-state index contributed by atoms with van der Waals surface area (Å²) in [7, 11) is -3.80. The number of ketones is 1. The molecule has 2 aromatic heterocycles. The molecule has 8 heteroatoms. The fourth-order valence-electron chi connectivity index (χ4n) is 3.07. The first-order chi connectivity index (χ1) is 14.4. The monoisotopic (exact) mass is 418 g/mol. The second-order valence-corrected chi connectivity index (χ2v) is 8.33. The number of H-pyrrole nitrogens is 1. The van der Waals surface area contributed by atoms with Gasteiger partial charge in [-0.2, -0.15) is 5.10 Å². The number of benzene rings is 2. The van der Waals surface area contributed by atoms with E-state index in [9.17, 15) is 13.2 Å². The number of aromatic nitrogens is 3. The van der Waals surface area contributed by atoms with Crippen molar-refractivity contribution in [1.82, 2.24) is 15.2 Å². The maximum absolute atomic E-state index is 12.7. The highest BCUT2D eigenvalue weighted by Crippen LogP contribution is 2.31. The summed E-state index contributed by atoms with van der Waals surface area (Å²) in [5, 5.41) is 7.20. The van der Waals surface area contributed by atoms with Crippen molar-refractivity contribution >= 4 is 21.5 Å². The molecule has 0 radical (unpaired) electrons. The summed E-state index contributed by atoms with van der Waals surface area (Å²) >= 11 is 0. The molecule has 30 heavy (non-hydrogen) atoms. The van der Waals surface area contributed by atoms with Crippen LogP contribution in [0.5, 0.6) is 0 Å². The first kappa shape index (κ1) is 19.5. The Balaban J connectivity index is 1.63. The van der Waals surface area contributed by atoms with E-state index in [1.807, 2.05) is 18.2 Å². The Labute approximate surface area is 173 Å². The Bertz CT molecular complexity index is 1300. The van der Waals surface area contributed by atoms with Crippen LogP contribution in [-0.4, -0.2) is 29.4 Å². The van der Waals surface area contributed by atoms with Crippen LogP contribution >= 0.6 is 0 Å². The molecule has 0 amide bonds. The Morgan fingerprint density at radius 1 is 0.967 bits per heavy atom. The number of aromatic amines is 1. The molecule has 7 nitrogen and oxygen atoms in total. The Kier molecular flexibility index (Phi) is 5.16. The van der Waals surface area contributed by atoms with Crippen molar-refractivity contribution in [2.45, 2.75) is 11.8 Å². The van der Waals surface area contributed by atoms with Crippen molar-refractivity contribution in [2.24, 2.45) is 0 Å². The minimum atomic E-state index is -3.80. The number of rotatable bonds is 6. The van der Waals surface area contributed by atoms with E-state index >= 15 is 0 Å². The van der Waals surface area contributed by atoms with Crippen LogP contribution in [0.1, 0.15) is 17.3 Å². The van der Waals surface area contributed by atoms with Crippen molar-refractivity contribution in [3.63, 3.8) is 0 Å². The standard InChI is InChI=1S/C22H18N4O3S/c1-15(27)16-5-7-20(8-6-16)30(28,29)26-19-4-2-3-18(13-19)22-21(14-24-25-22)17-9-11-23-12-10-17/h2-14,26H,1H3,(H,24,25). The number of nitrogens with one attached hydrogen (secondary N) is 2. The first-order valence-electron chi connectivity index (χ1n) is 9.12. The molecule has 0 aliphatic carbocycles. The molecule has 0 saturated carbocycles. The molecule has 150 valence electrons. The van der Waals surface area contributed by atoms with E-state index in [0.717, 1.165) is 16.7 Å². The van der Waals surface area contributed by atoms with Gasteiger partial charge in [0.05, 0.1) is 10.6 Å². The Morgan fingerprint density at radius 2 is 1.70 bits per heavy atom. The molecule has 0 aliphatic rings. The largest absolute Gasteiger partial charge is 0.295 e. The lowest BCUT2D eigenvalue weighted by molar-refractivity contribution is 0.101. The Hall–Kier alpha value is -3.78. The fourth-order valence-corrected chi connectivity index (χ4v) is 4.12. The van der Waals surface area contributed by atoms with Gasteiger partial charge in [-0.25, -0.2) is 8.42 Å². The van der Waals surface area contributed by atoms with Gasteiger partial charge in [0.2, 0.25) is 0 Å². The number of sulfonamides is 1. The molecule has 0 saturated heterocycles. The molecule has 0 atom stereocenters.